The van der Waals surface area contributed by atoms with Crippen molar-refractivity contribution in [3.05, 3.63) is 12.7 Å². The fraction of sp³-hybridized carbons (Fsp3) is 0.800. The first-order valence-electron chi connectivity index (χ1n) is 7.39. The van der Waals surface area contributed by atoms with Gasteiger partial charge in [0.15, 0.2) is 0 Å². The third-order valence-corrected chi connectivity index (χ3v) is 8.65. The third kappa shape index (κ3) is 3.39. The number of esters is 1. The molecule has 1 heterocycles. The van der Waals surface area contributed by atoms with Crippen LogP contribution in [0.15, 0.2) is 12.7 Å². The summed E-state index contributed by atoms with van der Waals surface area (Å²) in [4.78, 5) is 11.7. The predicted octanol–water partition coefficient (Wildman–Crippen LogP) is 2.58. The molecule has 1 aliphatic rings. The van der Waals surface area contributed by atoms with Gasteiger partial charge in [-0.05, 0) is 31.2 Å². The van der Waals surface area contributed by atoms with Gasteiger partial charge in [0.05, 0.1) is 0 Å². The highest BCUT2D eigenvalue weighted by atomic mass is 28.4. The van der Waals surface area contributed by atoms with Gasteiger partial charge in [-0.2, -0.15) is 0 Å². The molecule has 5 nitrogen and oxygen atoms in total. The lowest BCUT2D eigenvalue weighted by Crippen LogP contribution is -2.71. The van der Waals surface area contributed by atoms with Gasteiger partial charge in [0, 0.05) is 27.4 Å². The Morgan fingerprint density at radius 3 is 2.43 bits per heavy atom. The number of carbonyl (C=O) groups excluding carboxylic acids is 1. The van der Waals surface area contributed by atoms with Crippen LogP contribution in [0.2, 0.25) is 6.04 Å². The molecule has 0 saturated carbocycles. The van der Waals surface area contributed by atoms with E-state index in [9.17, 15) is 4.79 Å². The van der Waals surface area contributed by atoms with E-state index in [1.54, 1.807) is 21.3 Å². The summed E-state index contributed by atoms with van der Waals surface area (Å²) in [6.07, 6.45) is 3.20. The van der Waals surface area contributed by atoms with Crippen molar-refractivity contribution in [1.82, 2.24) is 0 Å². The summed E-state index contributed by atoms with van der Waals surface area (Å²) in [5, 5.41) is -0.693. The van der Waals surface area contributed by atoms with Gasteiger partial charge in [-0.3, -0.25) is 0 Å². The lowest BCUT2D eigenvalue weighted by molar-refractivity contribution is -0.163. The summed E-state index contributed by atoms with van der Waals surface area (Å²) >= 11 is 0. The number of hydrogen-bond acceptors (Lipinski definition) is 5. The van der Waals surface area contributed by atoms with Crippen molar-refractivity contribution < 1.29 is 23.1 Å². The summed E-state index contributed by atoms with van der Waals surface area (Å²) < 4.78 is 23.3. The van der Waals surface area contributed by atoms with E-state index in [1.165, 1.54) is 6.08 Å². The van der Waals surface area contributed by atoms with E-state index in [-0.39, 0.29) is 6.10 Å². The van der Waals surface area contributed by atoms with E-state index in [2.05, 4.69) is 20.4 Å². The number of ether oxygens (including phenoxy) is 2. The lowest BCUT2D eigenvalue weighted by Gasteiger charge is -2.52. The van der Waals surface area contributed by atoms with Crippen molar-refractivity contribution in [3.63, 3.8) is 0 Å². The summed E-state index contributed by atoms with van der Waals surface area (Å²) in [5.74, 6) is -0.0626. The quantitative estimate of drug-likeness (QED) is 0.410. The van der Waals surface area contributed by atoms with Crippen molar-refractivity contribution in [2.24, 2.45) is 5.92 Å². The van der Waals surface area contributed by atoms with Crippen LogP contribution in [0.25, 0.3) is 0 Å². The first-order chi connectivity index (χ1) is 9.91. The highest BCUT2D eigenvalue weighted by molar-refractivity contribution is 6.71. The Morgan fingerprint density at radius 2 is 2.00 bits per heavy atom. The van der Waals surface area contributed by atoms with Crippen molar-refractivity contribution >= 4 is 14.5 Å². The second-order valence-corrected chi connectivity index (χ2v) is 9.54. The van der Waals surface area contributed by atoms with Crippen LogP contribution in [-0.2, 0) is 23.1 Å². The van der Waals surface area contributed by atoms with Crippen LogP contribution in [0.5, 0.6) is 0 Å². The summed E-state index contributed by atoms with van der Waals surface area (Å²) in [6, 6.07) is 0.836. The van der Waals surface area contributed by atoms with Crippen molar-refractivity contribution in [1.29, 1.82) is 0 Å². The SMILES string of the molecule is C=CC(=O)OC1CCC[Si](OC)(OC)C1(CC(C)C)OC. The van der Waals surface area contributed by atoms with Gasteiger partial charge in [-0.15, -0.1) is 0 Å². The molecule has 2 atom stereocenters. The maximum absolute atomic E-state index is 11.7. The normalized spacial score (nSPS) is 28.4. The Kier molecular flexibility index (Phi) is 6.59. The van der Waals surface area contributed by atoms with Gasteiger partial charge < -0.3 is 18.3 Å². The van der Waals surface area contributed by atoms with Crippen LogP contribution in [0.1, 0.15) is 33.1 Å². The largest absolute Gasteiger partial charge is 0.456 e. The first kappa shape index (κ1) is 18.4. The molecule has 6 heteroatoms. The fourth-order valence-corrected chi connectivity index (χ4v) is 7.53. The molecule has 0 bridgehead atoms. The Hall–Kier alpha value is -0.693. The molecule has 0 aromatic rings. The van der Waals surface area contributed by atoms with Gasteiger partial charge in [0.2, 0.25) is 0 Å². The molecule has 0 aromatic heterocycles. The van der Waals surface area contributed by atoms with Gasteiger partial charge in [-0.1, -0.05) is 20.4 Å². The number of rotatable bonds is 7. The second kappa shape index (κ2) is 7.53. The standard InChI is InChI=1S/C15H28O5Si/c1-7-14(16)20-13-9-8-10-21(18-5,19-6)15(13,17-4)11-12(2)3/h7,12-13H,1,8-11H2,2-6H3. The molecule has 122 valence electrons. The van der Waals surface area contributed by atoms with Crippen LogP contribution >= 0.6 is 0 Å². The smallest absolute Gasteiger partial charge is 0.374 e. The molecule has 0 aromatic carbocycles. The molecule has 1 rings (SSSR count). The summed E-state index contributed by atoms with van der Waals surface area (Å²) in [5.41, 5.74) is 0. The Bertz CT molecular complexity index is 367. The zero-order valence-corrected chi connectivity index (χ0v) is 14.8. The molecular formula is C15H28O5Si. The monoisotopic (exact) mass is 316 g/mol. The summed E-state index contributed by atoms with van der Waals surface area (Å²) in [6.45, 7) is 7.71. The van der Waals surface area contributed by atoms with E-state index in [4.69, 9.17) is 18.3 Å². The van der Waals surface area contributed by atoms with Crippen molar-refractivity contribution in [3.8, 4) is 0 Å². The summed E-state index contributed by atoms with van der Waals surface area (Å²) in [7, 11) is 2.34. The molecular weight excluding hydrogens is 288 g/mol. The average molecular weight is 316 g/mol. The highest BCUT2D eigenvalue weighted by Crippen LogP contribution is 2.45. The molecule has 0 N–H and O–H groups in total. The van der Waals surface area contributed by atoms with Crippen molar-refractivity contribution in [2.75, 3.05) is 21.3 Å². The van der Waals surface area contributed by atoms with Gasteiger partial charge in [0.1, 0.15) is 11.3 Å². The van der Waals surface area contributed by atoms with Crippen LogP contribution in [0.3, 0.4) is 0 Å². The van der Waals surface area contributed by atoms with Gasteiger partial charge >= 0.3 is 14.5 Å². The minimum atomic E-state index is -2.65. The maximum Gasteiger partial charge on any atom is 0.374 e. The van der Waals surface area contributed by atoms with Gasteiger partial charge in [-0.25, -0.2) is 4.79 Å². The van der Waals surface area contributed by atoms with Crippen LogP contribution < -0.4 is 0 Å². The fourth-order valence-electron chi connectivity index (χ4n) is 3.45. The minimum Gasteiger partial charge on any atom is -0.456 e. The maximum atomic E-state index is 11.7. The molecule has 21 heavy (non-hydrogen) atoms. The molecule has 2 unspecified atom stereocenters. The highest BCUT2D eigenvalue weighted by Gasteiger charge is 2.65. The lowest BCUT2D eigenvalue weighted by atomic mass is 9.97. The zero-order chi connectivity index (χ0) is 16.1. The van der Waals surface area contributed by atoms with Gasteiger partial charge in [0.25, 0.3) is 0 Å². The molecule has 1 saturated heterocycles. The second-order valence-electron chi connectivity index (χ2n) is 5.87. The van der Waals surface area contributed by atoms with E-state index in [1.807, 2.05) is 0 Å². The van der Waals surface area contributed by atoms with Crippen molar-refractivity contribution in [2.45, 2.75) is 50.5 Å². The molecule has 1 fully saturated rings. The minimum absolute atomic E-state index is 0.365. The van der Waals surface area contributed by atoms with Crippen LogP contribution in [0.4, 0.5) is 0 Å². The Balaban J connectivity index is 3.26. The van der Waals surface area contributed by atoms with E-state index in [0.717, 1.165) is 25.3 Å². The Labute approximate surface area is 128 Å². The molecule has 0 radical (unpaired) electrons. The Morgan fingerprint density at radius 1 is 1.38 bits per heavy atom. The van der Waals surface area contributed by atoms with Crippen LogP contribution in [0, 0.1) is 5.92 Å². The predicted molar refractivity (Wildman–Crippen MR) is 83.1 cm³/mol. The number of methoxy groups -OCH3 is 1. The molecule has 0 spiro atoms. The van der Waals surface area contributed by atoms with E-state index in [0.29, 0.717) is 5.92 Å². The number of hydrogen-bond donors (Lipinski definition) is 0. The third-order valence-electron chi connectivity index (χ3n) is 4.30. The van der Waals surface area contributed by atoms with E-state index >= 15 is 0 Å². The first-order valence-corrected chi connectivity index (χ1v) is 9.42. The topological polar surface area (TPSA) is 54.0 Å². The van der Waals surface area contributed by atoms with E-state index < -0.39 is 19.8 Å². The average Bonchev–Trinajstić information content (AvgIpc) is 2.48. The molecule has 0 amide bonds. The molecule has 0 aliphatic carbocycles. The molecule has 1 aliphatic heterocycles. The number of carbonyl (C=O) groups is 1. The zero-order valence-electron chi connectivity index (χ0n) is 13.8. The van der Waals surface area contributed by atoms with Crippen LogP contribution in [-0.4, -0.2) is 47.2 Å².